The van der Waals surface area contributed by atoms with Crippen molar-refractivity contribution < 1.29 is 22.7 Å². The van der Waals surface area contributed by atoms with E-state index < -0.39 is 24.3 Å². The van der Waals surface area contributed by atoms with Crippen molar-refractivity contribution >= 4 is 6.09 Å². The first kappa shape index (κ1) is 17.1. The number of alkyl halides is 3. The van der Waals surface area contributed by atoms with Gasteiger partial charge in [-0.05, 0) is 27.7 Å². The number of ether oxygens (including phenoxy) is 1. The Balaban J connectivity index is 2.45. The van der Waals surface area contributed by atoms with Crippen LogP contribution in [0.15, 0.2) is 0 Å². The lowest BCUT2D eigenvalue weighted by Crippen LogP contribution is -2.55. The number of carbonyl (C=O) groups excluding carboxylic acids is 1. The summed E-state index contributed by atoms with van der Waals surface area (Å²) in [5, 5.41) is 0. The molecular formula is C13H23F3N2O2. The van der Waals surface area contributed by atoms with Gasteiger partial charge in [-0.2, -0.15) is 13.2 Å². The first-order valence-corrected chi connectivity index (χ1v) is 6.77. The lowest BCUT2D eigenvalue weighted by atomic mass is 10.2. The van der Waals surface area contributed by atoms with Crippen molar-refractivity contribution in [3.8, 4) is 0 Å². The summed E-state index contributed by atoms with van der Waals surface area (Å²) >= 11 is 0. The summed E-state index contributed by atoms with van der Waals surface area (Å²) in [6.07, 6.45) is -5.35. The van der Waals surface area contributed by atoms with Gasteiger partial charge in [0.2, 0.25) is 0 Å². The van der Waals surface area contributed by atoms with Gasteiger partial charge >= 0.3 is 12.3 Å². The largest absolute Gasteiger partial charge is 0.444 e. The van der Waals surface area contributed by atoms with Crippen molar-refractivity contribution in [2.75, 3.05) is 26.2 Å². The Morgan fingerprint density at radius 1 is 1.25 bits per heavy atom. The Hall–Kier alpha value is -0.980. The predicted octanol–water partition coefficient (Wildman–Crippen LogP) is 2.88. The summed E-state index contributed by atoms with van der Waals surface area (Å²) in [4.78, 5) is 15.3. The SMILES string of the molecule is CC1CN(CCC(F)(F)F)CCN1C(=O)OC(C)(C)C. The zero-order chi connectivity index (χ0) is 15.6. The summed E-state index contributed by atoms with van der Waals surface area (Å²) in [7, 11) is 0. The molecule has 1 aliphatic rings. The third-order valence-corrected chi connectivity index (χ3v) is 3.05. The van der Waals surface area contributed by atoms with E-state index in [1.165, 1.54) is 0 Å². The Morgan fingerprint density at radius 2 is 1.85 bits per heavy atom. The Morgan fingerprint density at radius 3 is 2.30 bits per heavy atom. The number of piperazine rings is 1. The van der Waals surface area contributed by atoms with Gasteiger partial charge in [0.1, 0.15) is 5.60 Å². The predicted molar refractivity (Wildman–Crippen MR) is 69.5 cm³/mol. The van der Waals surface area contributed by atoms with Gasteiger partial charge < -0.3 is 9.64 Å². The molecule has 1 unspecified atom stereocenters. The molecule has 0 aliphatic carbocycles. The van der Waals surface area contributed by atoms with Crippen LogP contribution in [0.25, 0.3) is 0 Å². The third-order valence-electron chi connectivity index (χ3n) is 3.05. The molecule has 118 valence electrons. The highest BCUT2D eigenvalue weighted by atomic mass is 19.4. The van der Waals surface area contributed by atoms with Crippen LogP contribution in [0.2, 0.25) is 0 Å². The number of rotatable bonds is 2. The highest BCUT2D eigenvalue weighted by molar-refractivity contribution is 5.68. The molecule has 0 aromatic heterocycles. The van der Waals surface area contributed by atoms with Gasteiger partial charge in [0.25, 0.3) is 0 Å². The second-order valence-electron chi connectivity index (χ2n) is 6.19. The summed E-state index contributed by atoms with van der Waals surface area (Å²) in [6.45, 7) is 8.45. The Kier molecular flexibility index (Phi) is 5.29. The second kappa shape index (κ2) is 6.20. The topological polar surface area (TPSA) is 32.8 Å². The molecule has 1 saturated heterocycles. The highest BCUT2D eigenvalue weighted by Gasteiger charge is 2.33. The molecule has 20 heavy (non-hydrogen) atoms. The van der Waals surface area contributed by atoms with Gasteiger partial charge in [-0.3, -0.25) is 4.90 Å². The van der Waals surface area contributed by atoms with Gasteiger partial charge in [-0.15, -0.1) is 0 Å². The number of amides is 1. The van der Waals surface area contributed by atoms with Crippen molar-refractivity contribution in [3.63, 3.8) is 0 Å². The monoisotopic (exact) mass is 296 g/mol. The van der Waals surface area contributed by atoms with E-state index >= 15 is 0 Å². The van der Waals surface area contributed by atoms with Gasteiger partial charge in [0, 0.05) is 32.2 Å². The maximum Gasteiger partial charge on any atom is 0.410 e. The summed E-state index contributed by atoms with van der Waals surface area (Å²) in [5.74, 6) is 0. The lowest BCUT2D eigenvalue weighted by Gasteiger charge is -2.40. The average Bonchev–Trinajstić information content (AvgIpc) is 2.22. The van der Waals surface area contributed by atoms with Crippen LogP contribution in [0.4, 0.5) is 18.0 Å². The molecular weight excluding hydrogens is 273 g/mol. The first-order valence-electron chi connectivity index (χ1n) is 6.77. The molecule has 0 saturated carbocycles. The van der Waals surface area contributed by atoms with Crippen molar-refractivity contribution in [2.45, 2.75) is 51.9 Å². The molecule has 0 aromatic rings. The van der Waals surface area contributed by atoms with E-state index in [9.17, 15) is 18.0 Å². The number of hydrogen-bond acceptors (Lipinski definition) is 3. The van der Waals surface area contributed by atoms with Gasteiger partial charge in [0.05, 0.1) is 6.42 Å². The quantitative estimate of drug-likeness (QED) is 0.785. The Bertz CT molecular complexity index is 339. The van der Waals surface area contributed by atoms with E-state index in [0.717, 1.165) is 0 Å². The third kappa shape index (κ3) is 5.98. The standard InChI is InChI=1S/C13H23F3N2O2/c1-10-9-17(6-5-13(14,15)16)7-8-18(10)11(19)20-12(2,3)4/h10H,5-9H2,1-4H3. The summed E-state index contributed by atoms with van der Waals surface area (Å²) < 4.78 is 41.8. The van der Waals surface area contributed by atoms with Gasteiger partial charge in [0.15, 0.2) is 0 Å². The number of nitrogens with zero attached hydrogens (tertiary/aromatic N) is 2. The van der Waals surface area contributed by atoms with Crippen LogP contribution >= 0.6 is 0 Å². The van der Waals surface area contributed by atoms with Crippen LogP contribution in [0.1, 0.15) is 34.1 Å². The molecule has 0 N–H and O–H groups in total. The van der Waals surface area contributed by atoms with Crippen molar-refractivity contribution in [2.24, 2.45) is 0 Å². The van der Waals surface area contributed by atoms with Crippen LogP contribution in [-0.4, -0.2) is 59.9 Å². The molecule has 0 aromatic carbocycles. The summed E-state index contributed by atoms with van der Waals surface area (Å²) in [5.41, 5.74) is -0.565. The highest BCUT2D eigenvalue weighted by Crippen LogP contribution is 2.21. The van der Waals surface area contributed by atoms with Gasteiger partial charge in [-0.1, -0.05) is 0 Å². The average molecular weight is 296 g/mol. The van der Waals surface area contributed by atoms with E-state index in [4.69, 9.17) is 4.74 Å². The maximum absolute atomic E-state index is 12.2. The van der Waals surface area contributed by atoms with E-state index in [-0.39, 0.29) is 12.6 Å². The van der Waals surface area contributed by atoms with Gasteiger partial charge in [-0.25, -0.2) is 4.79 Å². The molecule has 1 amide bonds. The van der Waals surface area contributed by atoms with Crippen LogP contribution in [0.5, 0.6) is 0 Å². The van der Waals surface area contributed by atoms with Crippen LogP contribution in [0.3, 0.4) is 0 Å². The van der Waals surface area contributed by atoms with Crippen LogP contribution < -0.4 is 0 Å². The minimum absolute atomic E-state index is 0.0179. The molecule has 1 rings (SSSR count). The van der Waals surface area contributed by atoms with Crippen molar-refractivity contribution in [1.29, 1.82) is 0 Å². The number of carbonyl (C=O) groups is 1. The van der Waals surface area contributed by atoms with Crippen LogP contribution in [-0.2, 0) is 4.74 Å². The molecule has 7 heteroatoms. The molecule has 1 atom stereocenters. The molecule has 0 radical (unpaired) electrons. The second-order valence-corrected chi connectivity index (χ2v) is 6.19. The zero-order valence-electron chi connectivity index (χ0n) is 12.5. The number of hydrogen-bond donors (Lipinski definition) is 0. The fraction of sp³-hybridized carbons (Fsp3) is 0.923. The van der Waals surface area contributed by atoms with E-state index in [1.54, 1.807) is 30.6 Å². The van der Waals surface area contributed by atoms with E-state index in [0.29, 0.717) is 19.6 Å². The zero-order valence-corrected chi connectivity index (χ0v) is 12.5. The molecule has 4 nitrogen and oxygen atoms in total. The van der Waals surface area contributed by atoms with Crippen molar-refractivity contribution in [1.82, 2.24) is 9.80 Å². The van der Waals surface area contributed by atoms with E-state index in [2.05, 4.69) is 0 Å². The normalized spacial score (nSPS) is 21.9. The maximum atomic E-state index is 12.2. The molecule has 1 fully saturated rings. The lowest BCUT2D eigenvalue weighted by molar-refractivity contribution is -0.139. The minimum Gasteiger partial charge on any atom is -0.444 e. The fourth-order valence-corrected chi connectivity index (χ4v) is 2.11. The van der Waals surface area contributed by atoms with Crippen LogP contribution in [0, 0.1) is 0 Å². The Labute approximate surface area is 117 Å². The molecule has 1 aliphatic heterocycles. The number of halogens is 3. The fourth-order valence-electron chi connectivity index (χ4n) is 2.11. The van der Waals surface area contributed by atoms with E-state index in [1.807, 2.05) is 6.92 Å². The first-order chi connectivity index (χ1) is 8.98. The summed E-state index contributed by atoms with van der Waals surface area (Å²) in [6, 6.07) is -0.146. The molecule has 0 bridgehead atoms. The smallest absolute Gasteiger partial charge is 0.410 e. The molecule has 0 spiro atoms. The van der Waals surface area contributed by atoms with Crippen molar-refractivity contribution in [3.05, 3.63) is 0 Å². The molecule has 1 heterocycles. The minimum atomic E-state index is -4.13.